The van der Waals surface area contributed by atoms with Crippen molar-refractivity contribution in [3.8, 4) is 28.2 Å². The third-order valence-electron chi connectivity index (χ3n) is 13.8. The van der Waals surface area contributed by atoms with Gasteiger partial charge in [-0.2, -0.15) is 0 Å². The SMILES string of the molecule is CC1(C)c2ccccc2-c2c1c1c3ccccc3oc1c1c2c2ccccc2n1-c1ccc2c(c1)c1ccccc1n2-c1ccc2c(c1)c1ccccc1n2-c1ccccc1. The molecule has 0 radical (unpaired) electrons. The number of para-hydroxylation sites is 5. The molecular formula is C57H37N3O. The Labute approximate surface area is 350 Å². The molecule has 0 bridgehead atoms. The van der Waals surface area contributed by atoms with Crippen LogP contribution in [0.4, 0.5) is 0 Å². The molecule has 13 aromatic rings. The van der Waals surface area contributed by atoms with E-state index in [2.05, 4.69) is 216 Å². The number of fused-ring (bicyclic) bond motifs is 18. The predicted molar refractivity (Wildman–Crippen MR) is 254 cm³/mol. The summed E-state index contributed by atoms with van der Waals surface area (Å²) < 4.78 is 14.4. The first-order valence-electron chi connectivity index (χ1n) is 21.2. The Kier molecular flexibility index (Phi) is 6.33. The third-order valence-corrected chi connectivity index (χ3v) is 13.8. The Morgan fingerprint density at radius 3 is 1.59 bits per heavy atom. The van der Waals surface area contributed by atoms with Gasteiger partial charge in [-0.05, 0) is 95.1 Å². The molecule has 0 saturated carbocycles. The van der Waals surface area contributed by atoms with Crippen molar-refractivity contribution in [3.63, 3.8) is 0 Å². The number of rotatable bonds is 3. The zero-order valence-corrected chi connectivity index (χ0v) is 33.6. The topological polar surface area (TPSA) is 27.9 Å². The summed E-state index contributed by atoms with van der Waals surface area (Å²) in [5.41, 5.74) is 17.4. The lowest BCUT2D eigenvalue weighted by atomic mass is 9.80. The van der Waals surface area contributed by atoms with E-state index in [1.807, 2.05) is 0 Å². The Bertz CT molecular complexity index is 4020. The first-order chi connectivity index (χ1) is 30.1. The Hall–Kier alpha value is -7.82. The Morgan fingerprint density at radius 2 is 0.902 bits per heavy atom. The molecule has 0 unspecified atom stereocenters. The monoisotopic (exact) mass is 779 g/mol. The van der Waals surface area contributed by atoms with Gasteiger partial charge in [0.1, 0.15) is 5.58 Å². The normalized spacial score (nSPS) is 13.5. The van der Waals surface area contributed by atoms with E-state index in [-0.39, 0.29) is 5.41 Å². The zero-order valence-electron chi connectivity index (χ0n) is 33.6. The van der Waals surface area contributed by atoms with Crippen molar-refractivity contribution in [1.29, 1.82) is 0 Å². The molecule has 0 spiro atoms. The maximum atomic E-state index is 7.06. The number of hydrogen-bond acceptors (Lipinski definition) is 1. The molecule has 1 aliphatic rings. The van der Waals surface area contributed by atoms with E-state index < -0.39 is 0 Å². The third kappa shape index (κ3) is 4.19. The quantitative estimate of drug-likeness (QED) is 0.176. The largest absolute Gasteiger partial charge is 0.454 e. The lowest BCUT2D eigenvalue weighted by Gasteiger charge is -2.22. The second-order valence-electron chi connectivity index (χ2n) is 17.2. The highest BCUT2D eigenvalue weighted by molar-refractivity contribution is 6.29. The van der Waals surface area contributed by atoms with Gasteiger partial charge in [-0.15, -0.1) is 0 Å². The summed E-state index contributed by atoms with van der Waals surface area (Å²) in [6, 6.07) is 68.8. The number of benzene rings is 9. The zero-order chi connectivity index (χ0) is 40.1. The first-order valence-corrected chi connectivity index (χ1v) is 21.2. The molecule has 4 heteroatoms. The maximum Gasteiger partial charge on any atom is 0.160 e. The minimum atomic E-state index is -0.214. The molecule has 0 saturated heterocycles. The van der Waals surface area contributed by atoms with Crippen molar-refractivity contribution in [3.05, 3.63) is 199 Å². The summed E-state index contributed by atoms with van der Waals surface area (Å²) in [4.78, 5) is 0. The molecular weight excluding hydrogens is 743 g/mol. The van der Waals surface area contributed by atoms with Gasteiger partial charge in [-0.1, -0.05) is 129 Å². The van der Waals surface area contributed by atoms with Gasteiger partial charge in [-0.25, -0.2) is 0 Å². The maximum absolute atomic E-state index is 7.06. The van der Waals surface area contributed by atoms with Gasteiger partial charge < -0.3 is 18.1 Å². The van der Waals surface area contributed by atoms with Gasteiger partial charge in [0.25, 0.3) is 0 Å². The second-order valence-corrected chi connectivity index (χ2v) is 17.2. The number of aromatic nitrogens is 3. The molecule has 4 heterocycles. The van der Waals surface area contributed by atoms with Crippen LogP contribution >= 0.6 is 0 Å². The van der Waals surface area contributed by atoms with Crippen molar-refractivity contribution in [1.82, 2.24) is 13.7 Å². The lowest BCUT2D eigenvalue weighted by molar-refractivity contribution is 0.658. The fourth-order valence-electron chi connectivity index (χ4n) is 11.3. The summed E-state index contributed by atoms with van der Waals surface area (Å²) in [6.45, 7) is 4.76. The summed E-state index contributed by atoms with van der Waals surface area (Å²) in [5.74, 6) is 0. The predicted octanol–water partition coefficient (Wildman–Crippen LogP) is 15.2. The fourth-order valence-corrected chi connectivity index (χ4v) is 11.3. The highest BCUT2D eigenvalue weighted by Gasteiger charge is 2.41. The van der Waals surface area contributed by atoms with Crippen LogP contribution in [0, 0.1) is 0 Å². The number of hydrogen-bond donors (Lipinski definition) is 0. The van der Waals surface area contributed by atoms with E-state index >= 15 is 0 Å². The Morgan fingerprint density at radius 1 is 0.393 bits per heavy atom. The lowest BCUT2D eigenvalue weighted by Crippen LogP contribution is -2.15. The van der Waals surface area contributed by atoms with Crippen LogP contribution < -0.4 is 0 Å². The van der Waals surface area contributed by atoms with Crippen molar-refractivity contribution in [2.75, 3.05) is 0 Å². The van der Waals surface area contributed by atoms with Crippen LogP contribution in [-0.2, 0) is 5.41 Å². The highest BCUT2D eigenvalue weighted by atomic mass is 16.3. The van der Waals surface area contributed by atoms with E-state index in [9.17, 15) is 0 Å². The molecule has 14 rings (SSSR count). The summed E-state index contributed by atoms with van der Waals surface area (Å²) in [6.07, 6.45) is 0. The van der Waals surface area contributed by atoms with E-state index in [1.54, 1.807) is 0 Å². The fraction of sp³-hybridized carbons (Fsp3) is 0.0526. The van der Waals surface area contributed by atoms with Gasteiger partial charge in [0.05, 0.1) is 33.1 Å². The molecule has 61 heavy (non-hydrogen) atoms. The first kappa shape index (κ1) is 33.1. The van der Waals surface area contributed by atoms with E-state index in [0.717, 1.165) is 44.6 Å². The van der Waals surface area contributed by atoms with Crippen molar-refractivity contribution < 1.29 is 4.42 Å². The van der Waals surface area contributed by atoms with Crippen LogP contribution in [-0.4, -0.2) is 13.7 Å². The van der Waals surface area contributed by atoms with E-state index in [1.165, 1.54) is 82.0 Å². The smallest absolute Gasteiger partial charge is 0.160 e. The minimum absolute atomic E-state index is 0.214. The van der Waals surface area contributed by atoms with Gasteiger partial charge >= 0.3 is 0 Å². The second kappa shape index (κ2) is 11.7. The summed E-state index contributed by atoms with van der Waals surface area (Å²) in [7, 11) is 0. The average molecular weight is 780 g/mol. The highest BCUT2D eigenvalue weighted by Crippen LogP contribution is 2.58. The van der Waals surface area contributed by atoms with E-state index in [0.29, 0.717) is 0 Å². The van der Waals surface area contributed by atoms with Gasteiger partial charge in [-0.3, -0.25) is 0 Å². The van der Waals surface area contributed by atoms with Crippen molar-refractivity contribution in [2.24, 2.45) is 0 Å². The van der Waals surface area contributed by atoms with Gasteiger partial charge in [0, 0.05) is 65.6 Å². The standard InChI is InChI=1S/C57H37N3O/c1-57(2)44-23-11-6-20-39(44)51-52-40-21-9-14-26-47(40)60(55(52)56-53(54(51)57)41-22-10-15-27-50(41)61-56)36-29-31-49-43(33-36)38-19-8-13-25-46(38)59(49)35-28-30-48-42(32-35)37-18-7-12-24-45(37)58(48)34-16-4-3-5-17-34/h3-33H,1-2H3. The van der Waals surface area contributed by atoms with E-state index in [4.69, 9.17) is 4.42 Å². The van der Waals surface area contributed by atoms with Gasteiger partial charge in [0.2, 0.25) is 0 Å². The summed E-state index contributed by atoms with van der Waals surface area (Å²) >= 11 is 0. The van der Waals surface area contributed by atoms with Crippen LogP contribution in [0.3, 0.4) is 0 Å². The molecule has 0 N–H and O–H groups in total. The number of furan rings is 1. The van der Waals surface area contributed by atoms with Crippen LogP contribution in [0.25, 0.3) is 116 Å². The van der Waals surface area contributed by atoms with Crippen LogP contribution in [0.1, 0.15) is 25.0 Å². The van der Waals surface area contributed by atoms with Gasteiger partial charge in [0.15, 0.2) is 5.58 Å². The molecule has 0 amide bonds. The minimum Gasteiger partial charge on any atom is -0.454 e. The summed E-state index contributed by atoms with van der Waals surface area (Å²) in [5, 5.41) is 9.76. The van der Waals surface area contributed by atoms with Crippen molar-refractivity contribution in [2.45, 2.75) is 19.3 Å². The number of nitrogens with zero attached hydrogens (tertiary/aromatic N) is 3. The van der Waals surface area contributed by atoms with Crippen LogP contribution in [0.15, 0.2) is 192 Å². The van der Waals surface area contributed by atoms with Crippen LogP contribution in [0.5, 0.6) is 0 Å². The Balaban J connectivity index is 1.07. The molecule has 286 valence electrons. The molecule has 1 aliphatic carbocycles. The van der Waals surface area contributed by atoms with Crippen molar-refractivity contribution >= 4 is 87.4 Å². The molecule has 0 fully saturated rings. The molecule has 0 atom stereocenters. The molecule has 4 nitrogen and oxygen atoms in total. The molecule has 9 aromatic carbocycles. The van der Waals surface area contributed by atoms with Crippen LogP contribution in [0.2, 0.25) is 0 Å². The molecule has 0 aliphatic heterocycles. The molecule has 4 aromatic heterocycles. The average Bonchev–Trinajstić information content (AvgIpc) is 4.09.